The van der Waals surface area contributed by atoms with E-state index < -0.39 is 33.3 Å². The first-order valence-corrected chi connectivity index (χ1v) is 25.5. The molecule has 5 aromatic rings. The number of rotatable bonds is 14. The average Bonchev–Trinajstić information content (AvgIpc) is 3.82. The summed E-state index contributed by atoms with van der Waals surface area (Å²) in [6, 6.07) is 22.2. The molecule has 0 saturated heterocycles. The van der Waals surface area contributed by atoms with Gasteiger partial charge in [-0.2, -0.15) is 11.8 Å². The SMILES string of the molecule is CSC(C)COC(=O)Nc1cc(/C=C/C(=O)N2C[C@@H](CCl)c3c2cc(OP(C)(=O)O)c2ccccc32)ccc1/C=C/C(=O)N1C[C@@H](CCl)c2c1cc(OP(=O)(O)O)c1ccccc21. The third-order valence-corrected chi connectivity index (χ3v) is 13.3. The summed E-state index contributed by atoms with van der Waals surface area (Å²) in [5.74, 6) is -0.934. The van der Waals surface area contributed by atoms with E-state index in [9.17, 15) is 38.2 Å². The minimum absolute atomic E-state index is 0.0303. The first-order chi connectivity index (χ1) is 30.0. The molecule has 0 bridgehead atoms. The van der Waals surface area contributed by atoms with Crippen LogP contribution in [0, 0.1) is 0 Å². The van der Waals surface area contributed by atoms with Gasteiger partial charge in [-0.3, -0.25) is 24.7 Å². The van der Waals surface area contributed by atoms with Crippen LogP contribution in [-0.4, -0.2) is 82.2 Å². The van der Waals surface area contributed by atoms with Crippen molar-refractivity contribution in [3.05, 3.63) is 113 Å². The Bertz CT molecular complexity index is 2780. The zero-order valence-electron chi connectivity index (χ0n) is 34.1. The molecule has 3 amide bonds. The molecule has 14 nitrogen and oxygen atoms in total. The maximum absolute atomic E-state index is 14.0. The molecule has 2 aliphatic heterocycles. The highest BCUT2D eigenvalue weighted by atomic mass is 35.5. The van der Waals surface area contributed by atoms with Crippen LogP contribution in [-0.2, 0) is 23.5 Å². The summed E-state index contributed by atoms with van der Waals surface area (Å²) >= 11 is 14.4. The molecule has 63 heavy (non-hydrogen) atoms. The van der Waals surface area contributed by atoms with Gasteiger partial charge in [-0.1, -0.05) is 67.6 Å². The maximum Gasteiger partial charge on any atom is 0.524 e. The van der Waals surface area contributed by atoms with E-state index in [1.807, 2.05) is 25.3 Å². The van der Waals surface area contributed by atoms with Crippen LogP contribution < -0.4 is 24.2 Å². The van der Waals surface area contributed by atoms with Gasteiger partial charge in [0.2, 0.25) is 0 Å². The number of ether oxygens (including phenoxy) is 1. The number of halogens is 2. The molecule has 330 valence electrons. The van der Waals surface area contributed by atoms with Crippen LogP contribution in [0.5, 0.6) is 11.5 Å². The summed E-state index contributed by atoms with van der Waals surface area (Å²) in [6.45, 7) is 3.58. The van der Waals surface area contributed by atoms with Gasteiger partial charge in [0.25, 0.3) is 11.8 Å². The predicted molar refractivity (Wildman–Crippen MR) is 251 cm³/mol. The number of hydrogen-bond donors (Lipinski definition) is 4. The Labute approximate surface area is 377 Å². The molecule has 0 aliphatic carbocycles. The van der Waals surface area contributed by atoms with Crippen molar-refractivity contribution < 1.29 is 52.0 Å². The van der Waals surface area contributed by atoms with E-state index in [4.69, 9.17) is 37.0 Å². The number of anilines is 3. The number of phosphoric ester groups is 1. The van der Waals surface area contributed by atoms with E-state index in [0.29, 0.717) is 38.7 Å². The highest BCUT2D eigenvalue weighted by molar-refractivity contribution is 7.99. The third-order valence-electron chi connectivity index (χ3n) is 10.6. The van der Waals surface area contributed by atoms with E-state index in [2.05, 4.69) is 5.32 Å². The van der Waals surface area contributed by atoms with Gasteiger partial charge in [-0.05, 0) is 57.5 Å². The number of alkyl halides is 2. The fourth-order valence-electron chi connectivity index (χ4n) is 7.80. The van der Waals surface area contributed by atoms with Crippen molar-refractivity contribution in [3.63, 3.8) is 0 Å². The molecule has 2 aliphatic rings. The highest BCUT2D eigenvalue weighted by Crippen LogP contribution is 2.51. The fraction of sp³-hybridized carbons (Fsp3) is 0.250. The van der Waals surface area contributed by atoms with Gasteiger partial charge in [0.15, 0.2) is 0 Å². The molecule has 0 aromatic heterocycles. The number of thioether (sulfide) groups is 1. The van der Waals surface area contributed by atoms with E-state index >= 15 is 0 Å². The number of amides is 3. The normalized spacial score (nSPS) is 17.5. The quantitative estimate of drug-likeness (QED) is 0.0469. The molecular weight excluding hydrogens is 911 g/mol. The van der Waals surface area contributed by atoms with Crippen molar-refractivity contribution in [2.75, 3.05) is 59.5 Å². The van der Waals surface area contributed by atoms with Crippen molar-refractivity contribution in [1.29, 1.82) is 0 Å². The van der Waals surface area contributed by atoms with E-state index in [1.165, 1.54) is 45.9 Å². The number of hydrogen-bond acceptors (Lipinski definition) is 9. The summed E-state index contributed by atoms with van der Waals surface area (Å²) in [6.07, 6.45) is 6.94. The molecular formula is C44H43Cl2N3O11P2S. The number of nitrogens with zero attached hydrogens (tertiary/aromatic N) is 2. The lowest BCUT2D eigenvalue weighted by Crippen LogP contribution is -2.28. The maximum atomic E-state index is 14.0. The Morgan fingerprint density at radius 2 is 1.30 bits per heavy atom. The van der Waals surface area contributed by atoms with Crippen molar-refractivity contribution in [3.8, 4) is 11.5 Å². The molecule has 0 saturated carbocycles. The van der Waals surface area contributed by atoms with Crippen LogP contribution in [0.2, 0.25) is 0 Å². The highest BCUT2D eigenvalue weighted by Gasteiger charge is 2.36. The lowest BCUT2D eigenvalue weighted by molar-refractivity contribution is -0.114. The smallest absolute Gasteiger partial charge is 0.448 e. The summed E-state index contributed by atoms with van der Waals surface area (Å²) in [4.78, 5) is 73.4. The first-order valence-electron chi connectivity index (χ1n) is 19.6. The van der Waals surface area contributed by atoms with Crippen LogP contribution in [0.1, 0.15) is 41.0 Å². The summed E-state index contributed by atoms with van der Waals surface area (Å²) < 4.78 is 40.3. The first kappa shape index (κ1) is 46.2. The summed E-state index contributed by atoms with van der Waals surface area (Å²) in [7, 11) is -8.92. The van der Waals surface area contributed by atoms with Gasteiger partial charge < -0.3 is 28.5 Å². The molecule has 0 radical (unpaired) electrons. The second-order valence-corrected chi connectivity index (χ2v) is 19.9. The van der Waals surface area contributed by atoms with Gasteiger partial charge in [0.1, 0.15) is 18.1 Å². The van der Waals surface area contributed by atoms with E-state index in [0.717, 1.165) is 23.2 Å². The van der Waals surface area contributed by atoms with E-state index in [-0.39, 0.29) is 65.7 Å². The zero-order chi connectivity index (χ0) is 45.2. The zero-order valence-corrected chi connectivity index (χ0v) is 38.3. The monoisotopic (exact) mass is 953 g/mol. The number of fused-ring (bicyclic) bond motifs is 6. The molecule has 7 rings (SSSR count). The van der Waals surface area contributed by atoms with Crippen LogP contribution in [0.25, 0.3) is 33.7 Å². The number of nitrogens with one attached hydrogen (secondary N) is 1. The molecule has 4 atom stereocenters. The second-order valence-electron chi connectivity index (χ2n) is 15.1. The van der Waals surface area contributed by atoms with Gasteiger partial charge in [-0.15, -0.1) is 23.2 Å². The number of carbonyl (C=O) groups excluding carboxylic acids is 3. The van der Waals surface area contributed by atoms with Crippen LogP contribution >= 0.6 is 50.4 Å². The lowest BCUT2D eigenvalue weighted by atomic mass is 9.95. The predicted octanol–water partition coefficient (Wildman–Crippen LogP) is 9.72. The number of phosphoric acid groups is 1. The molecule has 0 fully saturated rings. The second kappa shape index (κ2) is 19.1. The summed E-state index contributed by atoms with van der Waals surface area (Å²) in [5, 5.41) is 5.25. The molecule has 19 heteroatoms. The minimum Gasteiger partial charge on any atom is -0.448 e. The largest absolute Gasteiger partial charge is 0.524 e. The standard InChI is InChI=1S/C44H43Cl2N3O11P2S/c1-26(63-3)25-58-44(52)47-35-18-27(13-16-40(50)48-23-29(21-45)42-33-10-6-4-8-31(33)38(19-36(42)48)59-61(2,53)54)12-14-28(35)15-17-41(51)49-24-30(22-46)43-34-11-7-5-9-32(34)39(20-37(43)49)60-62(55,56)57/h4-20,26,29-30H,21-25H2,1-3H3,(H,47,52)(H,53,54)(H2,55,56,57)/b16-13+,17-15+/t26?,29-,30-/m1/s1. The van der Waals surface area contributed by atoms with Crippen molar-refractivity contribution in [1.82, 2.24) is 0 Å². The third kappa shape index (κ3) is 10.4. The Hall–Kier alpha value is -4.82. The number of benzene rings is 5. The topological polar surface area (TPSA) is 192 Å². The van der Waals surface area contributed by atoms with Crippen LogP contribution in [0.15, 0.2) is 91.0 Å². The Morgan fingerprint density at radius 1 is 0.794 bits per heavy atom. The molecule has 4 N–H and O–H groups in total. The Kier molecular flexibility index (Phi) is 14.0. The molecule has 5 aromatic carbocycles. The number of carbonyl (C=O) groups is 3. The Balaban J connectivity index is 1.19. The van der Waals surface area contributed by atoms with Crippen molar-refractivity contribution in [2.45, 2.75) is 24.0 Å². The summed E-state index contributed by atoms with van der Waals surface area (Å²) in [5.41, 5.74) is 3.67. The van der Waals surface area contributed by atoms with Crippen LogP contribution in [0.3, 0.4) is 0 Å². The van der Waals surface area contributed by atoms with Gasteiger partial charge >= 0.3 is 21.5 Å². The van der Waals surface area contributed by atoms with Crippen molar-refractivity contribution in [2.24, 2.45) is 0 Å². The van der Waals surface area contributed by atoms with Gasteiger partial charge in [0.05, 0.1) is 17.1 Å². The molecule has 2 unspecified atom stereocenters. The minimum atomic E-state index is -4.96. The fourth-order valence-corrected chi connectivity index (χ4v) is 9.43. The van der Waals surface area contributed by atoms with E-state index in [1.54, 1.807) is 66.7 Å². The van der Waals surface area contributed by atoms with Crippen LogP contribution in [0.4, 0.5) is 21.9 Å². The van der Waals surface area contributed by atoms with Crippen molar-refractivity contribution >= 4 is 119 Å². The molecule has 0 spiro atoms. The van der Waals surface area contributed by atoms with Gasteiger partial charge in [0, 0.05) is 83.7 Å². The van der Waals surface area contributed by atoms with Gasteiger partial charge in [-0.25, -0.2) is 13.9 Å². The molecule has 2 heterocycles. The Morgan fingerprint density at radius 3 is 1.79 bits per heavy atom. The lowest BCUT2D eigenvalue weighted by Gasteiger charge is -2.19. The average molecular weight is 955 g/mol.